The highest BCUT2D eigenvalue weighted by Crippen LogP contribution is 2.46. The summed E-state index contributed by atoms with van der Waals surface area (Å²) in [5.74, 6) is 0.0125. The van der Waals surface area contributed by atoms with Gasteiger partial charge in [0.2, 0.25) is 21.6 Å². The van der Waals surface area contributed by atoms with Crippen LogP contribution >= 0.6 is 0 Å². The van der Waals surface area contributed by atoms with Crippen LogP contribution in [0, 0.1) is 0 Å². The molecule has 46 heavy (non-hydrogen) atoms. The molecule has 3 saturated carbocycles. The Labute approximate surface area is 272 Å². The van der Waals surface area contributed by atoms with E-state index in [1.807, 2.05) is 30.3 Å². The number of halogens is 1. The Bertz CT molecular complexity index is 1600. The molecule has 1 spiro atoms. The van der Waals surface area contributed by atoms with Gasteiger partial charge in [0, 0.05) is 36.5 Å². The quantitative estimate of drug-likeness (QED) is 0.299. The fraction of sp³-hybridized carbons (Fsp3) is 0.611. The zero-order valence-electron chi connectivity index (χ0n) is 27.5. The predicted molar refractivity (Wildman–Crippen MR) is 177 cm³/mol. The number of nitrogens with one attached hydrogen (secondary N) is 3. The van der Waals surface area contributed by atoms with Gasteiger partial charge in [0.1, 0.15) is 11.9 Å². The Balaban J connectivity index is 1.23. The zero-order chi connectivity index (χ0) is 32.9. The van der Waals surface area contributed by atoms with Crippen LogP contribution in [0.4, 0.5) is 4.39 Å². The van der Waals surface area contributed by atoms with Crippen LogP contribution in [0.15, 0.2) is 42.5 Å². The van der Waals surface area contributed by atoms with Gasteiger partial charge in [-0.05, 0) is 107 Å². The highest BCUT2D eigenvalue weighted by atomic mass is 32.2. The maximum absolute atomic E-state index is 15.7. The van der Waals surface area contributed by atoms with Crippen LogP contribution < -0.4 is 20.1 Å². The van der Waals surface area contributed by atoms with E-state index in [2.05, 4.69) is 27.5 Å². The Morgan fingerprint density at radius 2 is 1.76 bits per heavy atom. The summed E-state index contributed by atoms with van der Waals surface area (Å²) >= 11 is 0. The van der Waals surface area contributed by atoms with Gasteiger partial charge in [0.15, 0.2) is 0 Å². The van der Waals surface area contributed by atoms with E-state index >= 15 is 4.39 Å². The maximum atomic E-state index is 15.7. The van der Waals surface area contributed by atoms with E-state index in [-0.39, 0.29) is 30.7 Å². The molecule has 4 aliphatic rings. The van der Waals surface area contributed by atoms with Gasteiger partial charge in [-0.2, -0.15) is 0 Å². The smallest absolute Gasteiger partial charge is 0.259 e. The Hall–Kier alpha value is -2.98. The van der Waals surface area contributed by atoms with Gasteiger partial charge < -0.3 is 15.4 Å². The van der Waals surface area contributed by atoms with Crippen LogP contribution in [-0.2, 0) is 25.0 Å². The van der Waals surface area contributed by atoms with Crippen molar-refractivity contribution in [1.82, 2.24) is 15.4 Å². The van der Waals surface area contributed by atoms with Gasteiger partial charge in [-0.15, -0.1) is 0 Å². The van der Waals surface area contributed by atoms with Crippen LogP contribution in [0.2, 0.25) is 0 Å². The molecular weight excluding hydrogens is 605 g/mol. The van der Waals surface area contributed by atoms with Gasteiger partial charge >= 0.3 is 0 Å². The minimum atomic E-state index is -3.80. The predicted octanol–water partition coefficient (Wildman–Crippen LogP) is 5.79. The molecule has 2 aromatic carbocycles. The van der Waals surface area contributed by atoms with Crippen molar-refractivity contribution in [3.05, 3.63) is 53.6 Å². The van der Waals surface area contributed by atoms with Crippen LogP contribution in [0.5, 0.6) is 5.75 Å². The van der Waals surface area contributed by atoms with Crippen molar-refractivity contribution in [2.75, 3.05) is 6.54 Å². The van der Waals surface area contributed by atoms with E-state index in [1.54, 1.807) is 13.8 Å². The molecule has 4 fully saturated rings. The molecule has 0 bridgehead atoms. The minimum absolute atomic E-state index is 0.0688. The van der Waals surface area contributed by atoms with Crippen molar-refractivity contribution in [2.24, 2.45) is 0 Å². The molecule has 1 heterocycles. The first-order chi connectivity index (χ1) is 21.7. The first-order valence-electron chi connectivity index (χ1n) is 16.9. The van der Waals surface area contributed by atoms with E-state index in [4.69, 9.17) is 4.74 Å². The molecule has 0 unspecified atom stereocenters. The second-order valence-corrected chi connectivity index (χ2v) is 17.2. The minimum Gasteiger partial charge on any atom is -0.490 e. The number of alkyl halides is 1. The normalized spacial score (nSPS) is 26.0. The topological polar surface area (TPSA) is 114 Å². The summed E-state index contributed by atoms with van der Waals surface area (Å²) in [5, 5.41) is 5.52. The molecule has 8 nitrogen and oxygen atoms in total. The molecular formula is C36H48FN3O5S. The van der Waals surface area contributed by atoms with E-state index in [0.717, 1.165) is 49.7 Å². The Morgan fingerprint density at radius 1 is 1.02 bits per heavy atom. The number of rotatable bonds is 10. The molecule has 6 rings (SSSR count). The zero-order valence-corrected chi connectivity index (χ0v) is 28.3. The summed E-state index contributed by atoms with van der Waals surface area (Å²) in [6.07, 6.45) is 8.41. The number of ether oxygens (including phenoxy) is 1. The van der Waals surface area contributed by atoms with E-state index in [0.29, 0.717) is 30.1 Å². The standard InChI is InChI=1S/C36H48FN3O5S/c1-23(2)46(43,44)40-32(41)34(3,4)25-13-16-31(30(19-25)29-12-6-5-11-28(29)24-9-7-10-24)45-27-15-14-26(20-27)39-33(42)36(37)21-35(38-22-36)17-8-18-35/h5-6,11-13,16,19,23-24,26-27,38H,7-10,14-15,17-18,20-22H2,1-4H3,(H,39,42)(H,40,41)/t26-,27-,36-/m1/s1. The first kappa shape index (κ1) is 32.9. The van der Waals surface area contributed by atoms with Gasteiger partial charge in [0.05, 0.1) is 10.7 Å². The SMILES string of the molecule is CC(C)S(=O)(=O)NC(=O)C(C)(C)c1ccc(O[C@@H]2CC[C@@H](NC(=O)[C@]3(F)CNC4(CCC4)C3)C2)c(-c2ccccc2C2CCC2)c1. The fourth-order valence-electron chi connectivity index (χ4n) is 7.33. The van der Waals surface area contributed by atoms with Crippen molar-refractivity contribution in [3.63, 3.8) is 0 Å². The van der Waals surface area contributed by atoms with Crippen molar-refractivity contribution in [3.8, 4) is 16.9 Å². The van der Waals surface area contributed by atoms with Gasteiger partial charge in [0.25, 0.3) is 5.91 Å². The number of amides is 2. The van der Waals surface area contributed by atoms with Crippen LogP contribution in [-0.4, -0.2) is 55.4 Å². The fourth-order valence-corrected chi connectivity index (χ4v) is 8.08. The molecule has 3 aliphatic carbocycles. The lowest BCUT2D eigenvalue weighted by Crippen LogP contribution is -2.49. The highest BCUT2D eigenvalue weighted by Gasteiger charge is 2.55. The monoisotopic (exact) mass is 653 g/mol. The van der Waals surface area contributed by atoms with E-state index in [1.165, 1.54) is 25.8 Å². The molecule has 3 atom stereocenters. The van der Waals surface area contributed by atoms with E-state index in [9.17, 15) is 18.0 Å². The van der Waals surface area contributed by atoms with Crippen molar-refractivity contribution < 1.29 is 27.1 Å². The summed E-state index contributed by atoms with van der Waals surface area (Å²) in [7, 11) is -3.80. The number of carbonyl (C=O) groups excluding carboxylic acids is 2. The average molecular weight is 654 g/mol. The van der Waals surface area contributed by atoms with E-state index < -0.39 is 38.2 Å². The average Bonchev–Trinajstić information content (AvgIpc) is 3.57. The van der Waals surface area contributed by atoms with Crippen LogP contribution in [0.25, 0.3) is 11.1 Å². The Morgan fingerprint density at radius 3 is 2.39 bits per heavy atom. The third kappa shape index (κ3) is 6.31. The molecule has 0 aromatic heterocycles. The maximum Gasteiger partial charge on any atom is 0.259 e. The second kappa shape index (κ2) is 12.2. The van der Waals surface area contributed by atoms with Crippen molar-refractivity contribution in [2.45, 2.75) is 132 Å². The van der Waals surface area contributed by atoms with Crippen molar-refractivity contribution in [1.29, 1.82) is 0 Å². The molecule has 3 N–H and O–H groups in total. The van der Waals surface area contributed by atoms with Gasteiger partial charge in [-0.1, -0.05) is 36.8 Å². The summed E-state index contributed by atoms with van der Waals surface area (Å²) < 4.78 is 49.7. The number of carbonyl (C=O) groups is 2. The number of hydrogen-bond acceptors (Lipinski definition) is 6. The summed E-state index contributed by atoms with van der Waals surface area (Å²) in [4.78, 5) is 26.4. The lowest BCUT2D eigenvalue weighted by atomic mass is 9.74. The lowest BCUT2D eigenvalue weighted by molar-refractivity contribution is -0.133. The highest BCUT2D eigenvalue weighted by molar-refractivity contribution is 7.90. The Kier molecular flexibility index (Phi) is 8.76. The summed E-state index contributed by atoms with van der Waals surface area (Å²) in [6.45, 7) is 6.60. The largest absolute Gasteiger partial charge is 0.490 e. The van der Waals surface area contributed by atoms with Crippen LogP contribution in [0.3, 0.4) is 0 Å². The molecule has 0 radical (unpaired) electrons. The number of benzene rings is 2. The molecule has 1 aliphatic heterocycles. The van der Waals surface area contributed by atoms with Crippen LogP contribution in [0.1, 0.15) is 109 Å². The lowest BCUT2D eigenvalue weighted by Gasteiger charge is -2.38. The molecule has 10 heteroatoms. The van der Waals surface area contributed by atoms with Crippen molar-refractivity contribution >= 4 is 21.8 Å². The third-order valence-corrected chi connectivity index (χ3v) is 12.7. The molecule has 2 amide bonds. The summed E-state index contributed by atoms with van der Waals surface area (Å²) in [6, 6.07) is 13.8. The summed E-state index contributed by atoms with van der Waals surface area (Å²) in [5.41, 5.74) is 0.582. The van der Waals surface area contributed by atoms with Gasteiger partial charge in [-0.3, -0.25) is 14.3 Å². The molecule has 250 valence electrons. The molecule has 1 saturated heterocycles. The van der Waals surface area contributed by atoms with Gasteiger partial charge in [-0.25, -0.2) is 12.8 Å². The number of hydrogen-bond donors (Lipinski definition) is 3. The second-order valence-electron chi connectivity index (χ2n) is 14.9. The number of sulfonamides is 1. The molecule has 2 aromatic rings. The first-order valence-corrected chi connectivity index (χ1v) is 18.5. The third-order valence-electron chi connectivity index (χ3n) is 11.0.